The predicted molar refractivity (Wildman–Crippen MR) is 79.5 cm³/mol. The number of ether oxygens (including phenoxy) is 2. The SMILES string of the molecule is NC1CCN(C(=O)CCc2ccc3c(c2)OCCCO3)C1. The summed E-state index contributed by atoms with van der Waals surface area (Å²) < 4.78 is 11.3. The molecule has 0 aliphatic carbocycles. The number of hydrogen-bond donors (Lipinski definition) is 1. The van der Waals surface area contributed by atoms with Crippen LogP contribution < -0.4 is 15.2 Å². The molecular formula is C16H22N2O3. The number of fused-ring (bicyclic) bond motifs is 1. The van der Waals surface area contributed by atoms with Gasteiger partial charge in [0.15, 0.2) is 11.5 Å². The van der Waals surface area contributed by atoms with E-state index in [0.717, 1.165) is 42.9 Å². The van der Waals surface area contributed by atoms with Crippen LogP contribution in [0.4, 0.5) is 0 Å². The zero-order valence-electron chi connectivity index (χ0n) is 12.2. The van der Waals surface area contributed by atoms with E-state index in [-0.39, 0.29) is 11.9 Å². The van der Waals surface area contributed by atoms with Gasteiger partial charge in [-0.3, -0.25) is 4.79 Å². The summed E-state index contributed by atoms with van der Waals surface area (Å²) in [4.78, 5) is 14.0. The summed E-state index contributed by atoms with van der Waals surface area (Å²) >= 11 is 0. The minimum atomic E-state index is 0.145. The van der Waals surface area contributed by atoms with Gasteiger partial charge >= 0.3 is 0 Å². The van der Waals surface area contributed by atoms with Crippen LogP contribution in [0.1, 0.15) is 24.8 Å². The van der Waals surface area contributed by atoms with E-state index >= 15 is 0 Å². The molecule has 0 saturated carbocycles. The second-order valence-electron chi connectivity index (χ2n) is 5.72. The number of hydrogen-bond acceptors (Lipinski definition) is 4. The van der Waals surface area contributed by atoms with Gasteiger partial charge in [0.2, 0.25) is 5.91 Å². The van der Waals surface area contributed by atoms with E-state index in [1.54, 1.807) is 0 Å². The first-order valence-electron chi connectivity index (χ1n) is 7.64. The molecule has 1 fully saturated rings. The Balaban J connectivity index is 1.58. The number of benzene rings is 1. The van der Waals surface area contributed by atoms with Gasteiger partial charge in [-0.05, 0) is 30.5 Å². The smallest absolute Gasteiger partial charge is 0.222 e. The number of nitrogens with two attached hydrogens (primary N) is 1. The number of aryl methyl sites for hydroxylation is 1. The molecule has 5 nitrogen and oxygen atoms in total. The van der Waals surface area contributed by atoms with Gasteiger partial charge in [0, 0.05) is 32.0 Å². The first kappa shape index (κ1) is 14.2. The van der Waals surface area contributed by atoms with Gasteiger partial charge in [-0.15, -0.1) is 0 Å². The van der Waals surface area contributed by atoms with E-state index in [2.05, 4.69) is 0 Å². The van der Waals surface area contributed by atoms with Gasteiger partial charge in [-0.25, -0.2) is 0 Å². The van der Waals surface area contributed by atoms with Crippen LogP contribution in [0.5, 0.6) is 11.5 Å². The predicted octanol–water partition coefficient (Wildman–Crippen LogP) is 1.34. The monoisotopic (exact) mass is 290 g/mol. The largest absolute Gasteiger partial charge is 0.490 e. The molecular weight excluding hydrogens is 268 g/mol. The average Bonchev–Trinajstić information content (AvgIpc) is 2.79. The molecule has 1 aromatic carbocycles. The van der Waals surface area contributed by atoms with E-state index in [0.29, 0.717) is 26.2 Å². The van der Waals surface area contributed by atoms with E-state index in [1.807, 2.05) is 23.1 Å². The molecule has 1 atom stereocenters. The molecule has 3 rings (SSSR count). The number of nitrogens with zero attached hydrogens (tertiary/aromatic N) is 1. The molecule has 2 aliphatic rings. The summed E-state index contributed by atoms with van der Waals surface area (Å²) in [5, 5.41) is 0. The van der Waals surface area contributed by atoms with Crippen LogP contribution in [0.2, 0.25) is 0 Å². The van der Waals surface area contributed by atoms with Gasteiger partial charge in [-0.1, -0.05) is 6.07 Å². The zero-order chi connectivity index (χ0) is 14.7. The van der Waals surface area contributed by atoms with Gasteiger partial charge in [0.1, 0.15) is 0 Å². The second-order valence-corrected chi connectivity index (χ2v) is 5.72. The Hall–Kier alpha value is -1.75. The quantitative estimate of drug-likeness (QED) is 0.912. The highest BCUT2D eigenvalue weighted by molar-refractivity contribution is 5.76. The topological polar surface area (TPSA) is 64.8 Å². The Kier molecular flexibility index (Phi) is 4.29. The Morgan fingerprint density at radius 3 is 2.86 bits per heavy atom. The molecule has 1 amide bonds. The number of carbonyl (C=O) groups is 1. The van der Waals surface area contributed by atoms with Gasteiger partial charge in [0.25, 0.3) is 0 Å². The Bertz CT molecular complexity index is 518. The highest BCUT2D eigenvalue weighted by Crippen LogP contribution is 2.30. The highest BCUT2D eigenvalue weighted by Gasteiger charge is 2.23. The molecule has 0 aromatic heterocycles. The second kappa shape index (κ2) is 6.35. The molecule has 1 unspecified atom stereocenters. The Labute approximate surface area is 125 Å². The Morgan fingerprint density at radius 2 is 2.10 bits per heavy atom. The molecule has 21 heavy (non-hydrogen) atoms. The molecule has 1 aromatic rings. The molecule has 2 heterocycles. The van der Waals surface area contributed by atoms with Crippen LogP contribution in [0, 0.1) is 0 Å². The lowest BCUT2D eigenvalue weighted by atomic mass is 10.1. The maximum Gasteiger partial charge on any atom is 0.222 e. The van der Waals surface area contributed by atoms with Crippen LogP contribution >= 0.6 is 0 Å². The third-order valence-electron chi connectivity index (χ3n) is 4.02. The summed E-state index contributed by atoms with van der Waals surface area (Å²) in [6, 6.07) is 6.08. The lowest BCUT2D eigenvalue weighted by Crippen LogP contribution is -2.31. The maximum atomic E-state index is 12.1. The summed E-state index contributed by atoms with van der Waals surface area (Å²) in [6.07, 6.45) is 3.06. The van der Waals surface area contributed by atoms with Crippen LogP contribution in [-0.4, -0.2) is 43.2 Å². The molecule has 0 spiro atoms. The first-order chi connectivity index (χ1) is 10.2. The number of amides is 1. The van der Waals surface area contributed by atoms with E-state index in [4.69, 9.17) is 15.2 Å². The minimum Gasteiger partial charge on any atom is -0.490 e. The maximum absolute atomic E-state index is 12.1. The zero-order valence-corrected chi connectivity index (χ0v) is 12.2. The molecule has 2 aliphatic heterocycles. The summed E-state index contributed by atoms with van der Waals surface area (Å²) in [7, 11) is 0. The van der Waals surface area contributed by atoms with Gasteiger partial charge in [-0.2, -0.15) is 0 Å². The molecule has 0 bridgehead atoms. The summed E-state index contributed by atoms with van der Waals surface area (Å²) in [5.41, 5.74) is 6.94. The third kappa shape index (κ3) is 3.47. The van der Waals surface area contributed by atoms with Crippen molar-refractivity contribution in [3.63, 3.8) is 0 Å². The fourth-order valence-corrected chi connectivity index (χ4v) is 2.79. The van der Waals surface area contributed by atoms with Gasteiger partial charge < -0.3 is 20.1 Å². The van der Waals surface area contributed by atoms with Crippen LogP contribution in [0.25, 0.3) is 0 Å². The molecule has 5 heteroatoms. The standard InChI is InChI=1S/C16H22N2O3/c17-13-6-7-18(11-13)16(19)5-3-12-2-4-14-15(10-12)21-9-1-8-20-14/h2,4,10,13H,1,3,5-9,11,17H2. The van der Waals surface area contributed by atoms with E-state index in [9.17, 15) is 4.79 Å². The van der Waals surface area contributed by atoms with Crippen LogP contribution in [0.15, 0.2) is 18.2 Å². The number of rotatable bonds is 3. The first-order valence-corrected chi connectivity index (χ1v) is 7.64. The lowest BCUT2D eigenvalue weighted by Gasteiger charge is -2.16. The van der Waals surface area contributed by atoms with Crippen molar-refractivity contribution >= 4 is 5.91 Å². The average molecular weight is 290 g/mol. The number of likely N-dealkylation sites (tertiary alicyclic amines) is 1. The van der Waals surface area contributed by atoms with Crippen molar-refractivity contribution in [2.24, 2.45) is 5.73 Å². The van der Waals surface area contributed by atoms with Crippen molar-refractivity contribution in [1.82, 2.24) is 4.90 Å². The number of carbonyl (C=O) groups excluding carboxylic acids is 1. The van der Waals surface area contributed by atoms with E-state index < -0.39 is 0 Å². The van der Waals surface area contributed by atoms with Crippen molar-refractivity contribution in [2.75, 3.05) is 26.3 Å². The van der Waals surface area contributed by atoms with Crippen molar-refractivity contribution in [3.05, 3.63) is 23.8 Å². The van der Waals surface area contributed by atoms with E-state index in [1.165, 1.54) is 0 Å². The van der Waals surface area contributed by atoms with Crippen molar-refractivity contribution in [2.45, 2.75) is 31.7 Å². The minimum absolute atomic E-state index is 0.145. The summed E-state index contributed by atoms with van der Waals surface area (Å²) in [5.74, 6) is 1.78. The Morgan fingerprint density at radius 1 is 1.29 bits per heavy atom. The normalized spacial score (nSPS) is 21.2. The van der Waals surface area contributed by atoms with Gasteiger partial charge in [0.05, 0.1) is 13.2 Å². The molecule has 1 saturated heterocycles. The molecule has 0 radical (unpaired) electrons. The van der Waals surface area contributed by atoms with Crippen molar-refractivity contribution in [1.29, 1.82) is 0 Å². The fraction of sp³-hybridized carbons (Fsp3) is 0.562. The van der Waals surface area contributed by atoms with Crippen LogP contribution in [-0.2, 0) is 11.2 Å². The third-order valence-corrected chi connectivity index (χ3v) is 4.02. The fourth-order valence-electron chi connectivity index (χ4n) is 2.79. The van der Waals surface area contributed by atoms with Crippen molar-refractivity contribution < 1.29 is 14.3 Å². The lowest BCUT2D eigenvalue weighted by molar-refractivity contribution is -0.130. The van der Waals surface area contributed by atoms with Crippen molar-refractivity contribution in [3.8, 4) is 11.5 Å². The highest BCUT2D eigenvalue weighted by atomic mass is 16.5. The van der Waals surface area contributed by atoms with Crippen LogP contribution in [0.3, 0.4) is 0 Å². The summed E-state index contributed by atoms with van der Waals surface area (Å²) in [6.45, 7) is 2.86. The molecule has 114 valence electrons. The molecule has 2 N–H and O–H groups in total.